The third-order valence-corrected chi connectivity index (χ3v) is 4.42. The topological polar surface area (TPSA) is 94.9 Å². The average molecular weight is 390 g/mol. The van der Waals surface area contributed by atoms with Gasteiger partial charge in [-0.25, -0.2) is 4.39 Å². The first-order chi connectivity index (χ1) is 12.8. The highest BCUT2D eigenvalue weighted by Gasteiger charge is 2.47. The molecule has 8 heteroatoms. The maximum Gasteiger partial charge on any atom is 0.323 e. The van der Waals surface area contributed by atoms with Gasteiger partial charge in [-0.3, -0.25) is 14.4 Å². The molecule has 1 aliphatic heterocycles. The third kappa shape index (κ3) is 3.41. The molecule has 0 saturated carbocycles. The summed E-state index contributed by atoms with van der Waals surface area (Å²) < 4.78 is 14.4. The van der Waals surface area contributed by atoms with Crippen LogP contribution in [-0.2, 0) is 14.4 Å². The van der Waals surface area contributed by atoms with Crippen LogP contribution >= 0.6 is 11.6 Å². The van der Waals surface area contributed by atoms with Crippen LogP contribution in [0.25, 0.3) is 5.76 Å². The summed E-state index contributed by atoms with van der Waals surface area (Å²) in [7, 11) is 0. The molecule has 3 rings (SSSR count). The SMILES string of the molecule is O=C(O)CN1C(=O)C(=O)C(=C(O)c2ccc(Cl)cc2)[C@@H]1c1ccccc1F. The van der Waals surface area contributed by atoms with E-state index < -0.39 is 41.8 Å². The van der Waals surface area contributed by atoms with E-state index >= 15 is 0 Å². The number of amides is 1. The van der Waals surface area contributed by atoms with E-state index in [0.717, 1.165) is 11.0 Å². The van der Waals surface area contributed by atoms with E-state index in [1.807, 2.05) is 0 Å². The minimum absolute atomic E-state index is 0.0894. The predicted octanol–water partition coefficient (Wildman–Crippen LogP) is 2.99. The van der Waals surface area contributed by atoms with Crippen LogP contribution in [-0.4, -0.2) is 39.3 Å². The van der Waals surface area contributed by atoms with Gasteiger partial charge in [-0.15, -0.1) is 0 Å². The summed E-state index contributed by atoms with van der Waals surface area (Å²) in [5, 5.41) is 20.1. The van der Waals surface area contributed by atoms with Crippen molar-refractivity contribution < 1.29 is 29.0 Å². The van der Waals surface area contributed by atoms with Crippen LogP contribution in [0, 0.1) is 5.82 Å². The zero-order chi connectivity index (χ0) is 19.7. The summed E-state index contributed by atoms with van der Waals surface area (Å²) in [6, 6.07) is 9.81. The summed E-state index contributed by atoms with van der Waals surface area (Å²) in [5.74, 6) is -4.85. The Morgan fingerprint density at radius 2 is 1.70 bits per heavy atom. The van der Waals surface area contributed by atoms with Gasteiger partial charge in [0, 0.05) is 16.1 Å². The molecular weight excluding hydrogens is 377 g/mol. The van der Waals surface area contributed by atoms with Gasteiger partial charge >= 0.3 is 5.97 Å². The van der Waals surface area contributed by atoms with Gasteiger partial charge in [0.15, 0.2) is 0 Å². The van der Waals surface area contributed by atoms with E-state index in [2.05, 4.69) is 0 Å². The van der Waals surface area contributed by atoms with Crippen LogP contribution in [0.3, 0.4) is 0 Å². The molecule has 2 N–H and O–H groups in total. The molecule has 2 aromatic rings. The first-order valence-corrected chi connectivity index (χ1v) is 8.19. The van der Waals surface area contributed by atoms with Gasteiger partial charge in [0.1, 0.15) is 18.1 Å². The Hall–Kier alpha value is -3.19. The first kappa shape index (κ1) is 18.6. The minimum Gasteiger partial charge on any atom is -0.507 e. The first-order valence-electron chi connectivity index (χ1n) is 7.82. The second-order valence-electron chi connectivity index (χ2n) is 5.85. The largest absolute Gasteiger partial charge is 0.507 e. The Bertz CT molecular complexity index is 970. The van der Waals surface area contributed by atoms with E-state index in [1.54, 1.807) is 0 Å². The van der Waals surface area contributed by atoms with Gasteiger partial charge in [0.25, 0.3) is 11.7 Å². The van der Waals surface area contributed by atoms with Gasteiger partial charge < -0.3 is 15.1 Å². The van der Waals surface area contributed by atoms with Crippen LogP contribution in [0.2, 0.25) is 5.02 Å². The van der Waals surface area contributed by atoms with Crippen LogP contribution < -0.4 is 0 Å². The lowest BCUT2D eigenvalue weighted by molar-refractivity contribution is -0.146. The van der Waals surface area contributed by atoms with Crippen LogP contribution in [0.4, 0.5) is 4.39 Å². The molecule has 6 nitrogen and oxygen atoms in total. The molecule has 1 amide bonds. The van der Waals surface area contributed by atoms with Crippen molar-refractivity contribution in [2.75, 3.05) is 6.54 Å². The highest BCUT2D eigenvalue weighted by atomic mass is 35.5. The van der Waals surface area contributed by atoms with Crippen molar-refractivity contribution in [1.29, 1.82) is 0 Å². The fourth-order valence-corrected chi connectivity index (χ4v) is 3.10. The minimum atomic E-state index is -1.37. The fourth-order valence-electron chi connectivity index (χ4n) is 2.97. The number of carboxylic acid groups (broad SMARTS) is 1. The summed E-state index contributed by atoms with van der Waals surface area (Å²) in [4.78, 5) is 36.8. The lowest BCUT2D eigenvalue weighted by atomic mass is 9.95. The molecular formula is C19H13ClFNO5. The number of halogens is 2. The molecule has 1 fully saturated rings. The third-order valence-electron chi connectivity index (χ3n) is 4.16. The number of aliphatic carboxylic acids is 1. The zero-order valence-electron chi connectivity index (χ0n) is 13.7. The van der Waals surface area contributed by atoms with E-state index in [9.17, 15) is 23.9 Å². The molecule has 0 aromatic heterocycles. The molecule has 0 spiro atoms. The van der Waals surface area contributed by atoms with Crippen molar-refractivity contribution in [3.05, 3.63) is 76.1 Å². The predicted molar refractivity (Wildman–Crippen MR) is 94.5 cm³/mol. The van der Waals surface area contributed by atoms with Gasteiger partial charge in [-0.1, -0.05) is 29.8 Å². The number of rotatable bonds is 4. The molecule has 1 aliphatic rings. The Kier molecular flexibility index (Phi) is 4.96. The lowest BCUT2D eigenvalue weighted by Gasteiger charge is -2.24. The fraction of sp³-hybridized carbons (Fsp3) is 0.105. The second kappa shape index (κ2) is 7.20. The number of aliphatic hydroxyl groups excluding tert-OH is 1. The van der Waals surface area contributed by atoms with Crippen LogP contribution in [0.1, 0.15) is 17.2 Å². The number of carbonyl (C=O) groups excluding carboxylic acids is 2. The van der Waals surface area contributed by atoms with Gasteiger partial charge in [0.05, 0.1) is 11.6 Å². The highest BCUT2D eigenvalue weighted by Crippen LogP contribution is 2.40. The Labute approximate surface area is 158 Å². The number of hydrogen-bond donors (Lipinski definition) is 2. The maximum atomic E-state index is 14.4. The number of likely N-dealkylation sites (tertiary alicyclic amines) is 1. The van der Waals surface area contributed by atoms with E-state index in [4.69, 9.17) is 16.7 Å². The number of Topliss-reactive ketones (excluding diaryl/α,β-unsaturated/α-hetero) is 1. The zero-order valence-corrected chi connectivity index (χ0v) is 14.5. The summed E-state index contributed by atoms with van der Waals surface area (Å²) >= 11 is 5.81. The summed E-state index contributed by atoms with van der Waals surface area (Å²) in [6.45, 7) is -0.818. The van der Waals surface area contributed by atoms with Crippen molar-refractivity contribution in [1.82, 2.24) is 4.90 Å². The number of benzene rings is 2. The normalized spacial score (nSPS) is 18.7. The molecule has 0 bridgehead atoms. The smallest absolute Gasteiger partial charge is 0.323 e. The molecule has 1 heterocycles. The number of carbonyl (C=O) groups is 3. The number of hydrogen-bond acceptors (Lipinski definition) is 4. The molecule has 1 saturated heterocycles. The monoisotopic (exact) mass is 389 g/mol. The van der Waals surface area contributed by atoms with E-state index in [0.29, 0.717) is 5.02 Å². The Morgan fingerprint density at radius 1 is 1.07 bits per heavy atom. The molecule has 0 aliphatic carbocycles. The second-order valence-corrected chi connectivity index (χ2v) is 6.29. The molecule has 1 atom stereocenters. The molecule has 0 unspecified atom stereocenters. The quantitative estimate of drug-likeness (QED) is 0.476. The Morgan fingerprint density at radius 3 is 2.30 bits per heavy atom. The number of ketones is 1. The molecule has 0 radical (unpaired) electrons. The average Bonchev–Trinajstić information content (AvgIpc) is 2.86. The molecule has 138 valence electrons. The van der Waals surface area contributed by atoms with Gasteiger partial charge in [-0.2, -0.15) is 0 Å². The van der Waals surface area contributed by atoms with Gasteiger partial charge in [0.2, 0.25) is 0 Å². The van der Waals surface area contributed by atoms with Crippen molar-refractivity contribution in [3.63, 3.8) is 0 Å². The lowest BCUT2D eigenvalue weighted by Crippen LogP contribution is -2.34. The van der Waals surface area contributed by atoms with Gasteiger partial charge in [-0.05, 0) is 30.3 Å². The van der Waals surface area contributed by atoms with Crippen LogP contribution in [0.15, 0.2) is 54.1 Å². The molecule has 2 aromatic carbocycles. The van der Waals surface area contributed by atoms with Crippen LogP contribution in [0.5, 0.6) is 0 Å². The maximum absolute atomic E-state index is 14.4. The van der Waals surface area contributed by atoms with Crippen molar-refractivity contribution in [2.45, 2.75) is 6.04 Å². The summed E-state index contributed by atoms with van der Waals surface area (Å²) in [5.41, 5.74) is -0.281. The van der Waals surface area contributed by atoms with Crippen molar-refractivity contribution in [2.24, 2.45) is 0 Å². The Balaban J connectivity index is 2.23. The highest BCUT2D eigenvalue weighted by molar-refractivity contribution is 6.46. The summed E-state index contributed by atoms with van der Waals surface area (Å²) in [6.07, 6.45) is 0. The number of aliphatic hydroxyl groups is 1. The van der Waals surface area contributed by atoms with Crippen molar-refractivity contribution in [3.8, 4) is 0 Å². The van der Waals surface area contributed by atoms with Crippen molar-refractivity contribution >= 4 is 35.0 Å². The molecule has 27 heavy (non-hydrogen) atoms. The number of nitrogens with zero attached hydrogens (tertiary/aromatic N) is 1. The number of carboxylic acids is 1. The van der Waals surface area contributed by atoms with E-state index in [-0.39, 0.29) is 16.7 Å². The van der Waals surface area contributed by atoms with E-state index in [1.165, 1.54) is 42.5 Å². The standard InChI is InChI=1S/C19H13ClFNO5/c20-11-7-5-10(6-8-11)17(25)15-16(12-3-1-2-4-13(12)21)22(9-14(23)24)19(27)18(15)26/h1-8,16,25H,9H2,(H,23,24)/t16-/m0/s1.